The molecule has 0 aromatic heterocycles. The fourth-order valence-electron chi connectivity index (χ4n) is 2.88. The van der Waals surface area contributed by atoms with Gasteiger partial charge in [0.25, 0.3) is 0 Å². The van der Waals surface area contributed by atoms with E-state index in [1.165, 1.54) is 19.3 Å². The van der Waals surface area contributed by atoms with E-state index in [4.69, 9.17) is 39.5 Å². The summed E-state index contributed by atoms with van der Waals surface area (Å²) in [6.45, 7) is 2.05. The first-order valence-electron chi connectivity index (χ1n) is 8.15. The number of halogens is 3. The Bertz CT molecular complexity index is 569. The van der Waals surface area contributed by atoms with Crippen LogP contribution >= 0.6 is 34.8 Å². The molecule has 0 radical (unpaired) electrons. The van der Waals surface area contributed by atoms with Crippen LogP contribution in [0.3, 0.4) is 0 Å². The molecule has 0 N–H and O–H groups in total. The SMILES string of the molecule is CC/S(=N\C(=O)O[C@@H](c1ccccc1)C(Cl)(Cl)Cl)C1CCCCC1. The summed E-state index contributed by atoms with van der Waals surface area (Å²) in [5.74, 6) is 0.837. The van der Waals surface area contributed by atoms with Gasteiger partial charge in [0.1, 0.15) is 0 Å². The minimum atomic E-state index is -1.75. The van der Waals surface area contributed by atoms with Crippen molar-refractivity contribution in [2.24, 2.45) is 4.36 Å². The van der Waals surface area contributed by atoms with Crippen molar-refractivity contribution in [2.75, 3.05) is 5.75 Å². The standard InChI is InChI=1S/C17H22Cl3NO2S/c1-2-24(14-11-7-4-8-12-14)21-16(22)23-15(17(18,19)20)13-9-5-3-6-10-13/h3,5-6,9-10,14-15H,2,4,7-8,11-12H2,1H3/t15-,24?/m0/s1. The van der Waals surface area contributed by atoms with E-state index in [-0.39, 0.29) is 10.7 Å². The molecule has 134 valence electrons. The molecule has 1 aromatic rings. The third kappa shape index (κ3) is 5.91. The molecule has 1 aliphatic carbocycles. The van der Waals surface area contributed by atoms with Gasteiger partial charge in [-0.15, -0.1) is 0 Å². The molecule has 0 spiro atoms. The summed E-state index contributed by atoms with van der Waals surface area (Å²) in [6.07, 6.45) is 4.31. The molecule has 7 heteroatoms. The average Bonchev–Trinajstić information content (AvgIpc) is 2.58. The van der Waals surface area contributed by atoms with Gasteiger partial charge in [0.05, 0.1) is 0 Å². The molecule has 1 aliphatic rings. The zero-order valence-electron chi connectivity index (χ0n) is 13.6. The summed E-state index contributed by atoms with van der Waals surface area (Å²) >= 11 is 18.0. The van der Waals surface area contributed by atoms with E-state index in [1.807, 2.05) is 18.2 Å². The normalized spacial score (nSPS) is 19.0. The Morgan fingerprint density at radius 2 is 1.88 bits per heavy atom. The Hall–Kier alpha value is -0.290. The second-order valence-corrected chi connectivity index (χ2v) is 10.4. The van der Waals surface area contributed by atoms with E-state index < -0.39 is 16.0 Å². The molecule has 3 nitrogen and oxygen atoms in total. The molecule has 1 aromatic carbocycles. The second-order valence-electron chi connectivity index (χ2n) is 5.76. The zero-order valence-corrected chi connectivity index (χ0v) is 16.7. The van der Waals surface area contributed by atoms with Crippen LogP contribution in [0.5, 0.6) is 0 Å². The molecule has 2 atom stereocenters. The molecular formula is C17H22Cl3NO2S. The number of amides is 1. The van der Waals surface area contributed by atoms with Crippen molar-refractivity contribution < 1.29 is 9.53 Å². The van der Waals surface area contributed by atoms with E-state index in [1.54, 1.807) is 12.1 Å². The van der Waals surface area contributed by atoms with E-state index in [0.29, 0.717) is 10.8 Å². The number of rotatable bonds is 4. The molecule has 1 saturated carbocycles. The minimum Gasteiger partial charge on any atom is -0.435 e. The van der Waals surface area contributed by atoms with Crippen molar-refractivity contribution >= 4 is 51.6 Å². The lowest BCUT2D eigenvalue weighted by molar-refractivity contribution is 0.109. The monoisotopic (exact) mass is 409 g/mol. The molecule has 1 unspecified atom stereocenters. The number of benzene rings is 1. The van der Waals surface area contributed by atoms with E-state index in [9.17, 15) is 4.79 Å². The number of hydrogen-bond donors (Lipinski definition) is 0. The van der Waals surface area contributed by atoms with Gasteiger partial charge in [-0.05, 0) is 18.4 Å². The van der Waals surface area contributed by atoms with Crippen molar-refractivity contribution in [2.45, 2.75) is 54.2 Å². The topological polar surface area (TPSA) is 38.7 Å². The third-order valence-corrected chi connectivity index (χ3v) is 6.85. The van der Waals surface area contributed by atoms with Crippen LogP contribution in [0.15, 0.2) is 34.7 Å². The summed E-state index contributed by atoms with van der Waals surface area (Å²) in [5.41, 5.74) is 0.634. The summed E-state index contributed by atoms with van der Waals surface area (Å²) in [4.78, 5) is 12.3. The number of carbonyl (C=O) groups excluding carboxylic acids is 1. The molecule has 2 rings (SSSR count). The largest absolute Gasteiger partial charge is 0.440 e. The van der Waals surface area contributed by atoms with Gasteiger partial charge in [-0.25, -0.2) is 4.79 Å². The summed E-state index contributed by atoms with van der Waals surface area (Å²) in [7, 11) is -0.326. The van der Waals surface area contributed by atoms with Gasteiger partial charge in [-0.1, -0.05) is 102 Å². The highest BCUT2D eigenvalue weighted by atomic mass is 35.6. The zero-order chi connectivity index (χ0) is 17.6. The molecule has 1 fully saturated rings. The van der Waals surface area contributed by atoms with Crippen LogP contribution in [0.4, 0.5) is 4.79 Å². The molecule has 1 amide bonds. The lowest BCUT2D eigenvalue weighted by Crippen LogP contribution is -2.24. The van der Waals surface area contributed by atoms with Crippen LogP contribution in [0.2, 0.25) is 0 Å². The highest BCUT2D eigenvalue weighted by Crippen LogP contribution is 2.42. The fourth-order valence-corrected chi connectivity index (χ4v) is 5.25. The maximum absolute atomic E-state index is 12.3. The van der Waals surface area contributed by atoms with Gasteiger partial charge in [-0.3, -0.25) is 0 Å². The lowest BCUT2D eigenvalue weighted by atomic mass is 10.0. The van der Waals surface area contributed by atoms with E-state index >= 15 is 0 Å². The van der Waals surface area contributed by atoms with E-state index in [0.717, 1.165) is 18.6 Å². The van der Waals surface area contributed by atoms with Crippen molar-refractivity contribution in [1.29, 1.82) is 0 Å². The van der Waals surface area contributed by atoms with Gasteiger partial charge in [0.2, 0.25) is 3.79 Å². The summed E-state index contributed by atoms with van der Waals surface area (Å²) < 4.78 is 7.97. The molecular weight excluding hydrogens is 389 g/mol. The maximum Gasteiger partial charge on any atom is 0.440 e. The second kappa shape index (κ2) is 9.42. The third-order valence-electron chi connectivity index (χ3n) is 4.04. The van der Waals surface area contributed by atoms with E-state index in [2.05, 4.69) is 11.3 Å². The number of alkyl halides is 3. The Labute approximate surface area is 161 Å². The maximum atomic E-state index is 12.3. The highest BCUT2D eigenvalue weighted by Gasteiger charge is 2.37. The van der Waals surface area contributed by atoms with Crippen LogP contribution < -0.4 is 0 Å². The molecule has 0 saturated heterocycles. The lowest BCUT2D eigenvalue weighted by Gasteiger charge is -2.25. The molecule has 0 aliphatic heterocycles. The number of hydrogen-bond acceptors (Lipinski definition) is 2. The first-order chi connectivity index (χ1) is 11.4. The number of carbonyl (C=O) groups is 1. The highest BCUT2D eigenvalue weighted by molar-refractivity contribution is 7.88. The molecule has 24 heavy (non-hydrogen) atoms. The van der Waals surface area contributed by atoms with Crippen molar-refractivity contribution in [3.05, 3.63) is 35.9 Å². The smallest absolute Gasteiger partial charge is 0.435 e. The Kier molecular flexibility index (Phi) is 7.86. The van der Waals surface area contributed by atoms with Crippen LogP contribution in [-0.2, 0) is 15.4 Å². The molecule has 0 heterocycles. The quantitative estimate of drug-likeness (QED) is 0.539. The number of nitrogens with zero attached hydrogens (tertiary/aromatic N) is 1. The van der Waals surface area contributed by atoms with Gasteiger partial charge in [-0.2, -0.15) is 4.36 Å². The number of ether oxygens (including phenoxy) is 1. The van der Waals surface area contributed by atoms with Crippen LogP contribution in [-0.4, -0.2) is 20.9 Å². The predicted molar refractivity (Wildman–Crippen MR) is 103 cm³/mol. The summed E-state index contributed by atoms with van der Waals surface area (Å²) in [5, 5.41) is 0.472. The van der Waals surface area contributed by atoms with Gasteiger partial charge < -0.3 is 4.74 Å². The first-order valence-corrected chi connectivity index (χ1v) is 10.7. The van der Waals surface area contributed by atoms with Gasteiger partial charge in [0, 0.05) is 11.0 Å². The van der Waals surface area contributed by atoms with Crippen molar-refractivity contribution in [3.63, 3.8) is 0 Å². The fraction of sp³-hybridized carbons (Fsp3) is 0.588. The Morgan fingerprint density at radius 3 is 2.42 bits per heavy atom. The first kappa shape index (κ1) is 20.0. The van der Waals surface area contributed by atoms with Gasteiger partial charge in [0.15, 0.2) is 6.10 Å². The predicted octanol–water partition coefficient (Wildman–Crippen LogP) is 6.39. The van der Waals surface area contributed by atoms with Crippen molar-refractivity contribution in [1.82, 2.24) is 0 Å². The van der Waals surface area contributed by atoms with Crippen molar-refractivity contribution in [3.8, 4) is 0 Å². The van der Waals surface area contributed by atoms with Crippen LogP contribution in [0.1, 0.15) is 50.7 Å². The van der Waals surface area contributed by atoms with Gasteiger partial charge >= 0.3 is 6.09 Å². The Morgan fingerprint density at radius 1 is 1.25 bits per heavy atom. The Balaban J connectivity index is 2.13. The summed E-state index contributed by atoms with van der Waals surface area (Å²) in [6, 6.07) is 8.99. The molecule has 0 bridgehead atoms. The van der Waals surface area contributed by atoms with Crippen LogP contribution in [0.25, 0.3) is 0 Å². The van der Waals surface area contributed by atoms with Crippen LogP contribution in [0, 0.1) is 0 Å². The minimum absolute atomic E-state index is 0.326. The average molecular weight is 411 g/mol.